The number of para-hydroxylation sites is 1. The van der Waals surface area contributed by atoms with E-state index in [1.807, 2.05) is 0 Å². The monoisotopic (exact) mass is 440 g/mol. The van der Waals surface area contributed by atoms with Gasteiger partial charge in [-0.25, -0.2) is 8.42 Å². The molecule has 0 bridgehead atoms. The van der Waals surface area contributed by atoms with Gasteiger partial charge in [0.25, 0.3) is 15.9 Å². The molecule has 2 aromatic carbocycles. The summed E-state index contributed by atoms with van der Waals surface area (Å²) in [6.45, 7) is 1.82. The summed E-state index contributed by atoms with van der Waals surface area (Å²) < 4.78 is 66.3. The summed E-state index contributed by atoms with van der Waals surface area (Å²) in [6.07, 6.45) is -4.04. The zero-order valence-electron chi connectivity index (χ0n) is 16.5. The van der Waals surface area contributed by atoms with Crippen LogP contribution in [0.5, 0.6) is 0 Å². The number of carbonyl (C=O) groups is 1. The van der Waals surface area contributed by atoms with Gasteiger partial charge in [0.1, 0.15) is 0 Å². The van der Waals surface area contributed by atoms with Crippen molar-refractivity contribution in [2.75, 3.05) is 23.9 Å². The number of piperidine rings is 1. The Kier molecular flexibility index (Phi) is 6.40. The molecule has 0 unspecified atom stereocenters. The lowest BCUT2D eigenvalue weighted by Crippen LogP contribution is -2.44. The number of carbonyl (C=O) groups excluding carboxylic acids is 1. The molecule has 1 saturated heterocycles. The van der Waals surface area contributed by atoms with Crippen LogP contribution in [0.2, 0.25) is 0 Å². The molecule has 9 heteroatoms. The topological polar surface area (TPSA) is 57.7 Å². The fourth-order valence-corrected chi connectivity index (χ4v) is 5.07. The smallest absolute Gasteiger partial charge is 0.338 e. The summed E-state index contributed by atoms with van der Waals surface area (Å²) in [4.78, 5) is 13.8. The van der Waals surface area contributed by atoms with Gasteiger partial charge in [-0.05, 0) is 56.2 Å². The van der Waals surface area contributed by atoms with Crippen molar-refractivity contribution in [2.45, 2.75) is 30.8 Å². The summed E-state index contributed by atoms with van der Waals surface area (Å²) >= 11 is 0. The molecule has 162 valence electrons. The number of halogens is 3. The summed E-state index contributed by atoms with van der Waals surface area (Å²) in [5.74, 6) is -2.05. The molecule has 0 radical (unpaired) electrons. The minimum atomic E-state index is -4.34. The number of amides is 1. The first kappa shape index (κ1) is 22.1. The Morgan fingerprint density at radius 1 is 1.10 bits per heavy atom. The average Bonchev–Trinajstić information content (AvgIpc) is 2.74. The first-order valence-electron chi connectivity index (χ1n) is 9.68. The number of benzene rings is 2. The van der Waals surface area contributed by atoms with Gasteiger partial charge in [0.15, 0.2) is 0 Å². The number of sulfonamides is 1. The van der Waals surface area contributed by atoms with Crippen molar-refractivity contribution < 1.29 is 26.4 Å². The number of anilines is 1. The number of likely N-dealkylation sites (tertiary alicyclic amines) is 1. The van der Waals surface area contributed by atoms with Crippen molar-refractivity contribution in [1.82, 2.24) is 4.90 Å². The van der Waals surface area contributed by atoms with Crippen LogP contribution in [0.1, 0.15) is 30.1 Å². The van der Waals surface area contributed by atoms with Gasteiger partial charge >= 0.3 is 6.18 Å². The molecule has 0 aromatic heterocycles. The normalized spacial score (nSPS) is 17.6. The van der Waals surface area contributed by atoms with Gasteiger partial charge in [-0.2, -0.15) is 13.2 Å². The first-order valence-corrected chi connectivity index (χ1v) is 11.1. The second-order valence-corrected chi connectivity index (χ2v) is 9.02. The molecule has 1 aliphatic heterocycles. The number of rotatable bonds is 5. The van der Waals surface area contributed by atoms with Gasteiger partial charge in [-0.3, -0.25) is 9.10 Å². The first-order chi connectivity index (χ1) is 14.1. The highest BCUT2D eigenvalue weighted by atomic mass is 32.2. The van der Waals surface area contributed by atoms with E-state index in [1.165, 1.54) is 33.5 Å². The number of alkyl halides is 3. The zero-order valence-corrected chi connectivity index (χ0v) is 17.3. The van der Waals surface area contributed by atoms with Crippen LogP contribution >= 0.6 is 0 Å². The molecule has 1 amide bonds. The minimum absolute atomic E-state index is 0.0107. The molecule has 0 saturated carbocycles. The third-order valence-corrected chi connectivity index (χ3v) is 7.11. The molecule has 1 atom stereocenters. The second-order valence-electron chi connectivity index (χ2n) is 7.16. The highest BCUT2D eigenvalue weighted by Crippen LogP contribution is 2.33. The highest BCUT2D eigenvalue weighted by Gasteiger charge is 2.42. The predicted molar refractivity (Wildman–Crippen MR) is 108 cm³/mol. The Bertz CT molecular complexity index is 977. The Labute approximate surface area is 174 Å². The van der Waals surface area contributed by atoms with Crippen molar-refractivity contribution in [3.05, 3.63) is 60.2 Å². The molecule has 30 heavy (non-hydrogen) atoms. The Morgan fingerprint density at radius 3 is 2.30 bits per heavy atom. The van der Waals surface area contributed by atoms with Crippen molar-refractivity contribution >= 4 is 21.6 Å². The van der Waals surface area contributed by atoms with Crippen molar-refractivity contribution in [3.63, 3.8) is 0 Å². The molecule has 0 spiro atoms. The van der Waals surface area contributed by atoms with E-state index in [0.717, 1.165) is 0 Å². The summed E-state index contributed by atoms with van der Waals surface area (Å²) in [7, 11) is -3.84. The maximum Gasteiger partial charge on any atom is 0.393 e. The Hall–Kier alpha value is -2.55. The molecule has 1 aliphatic rings. The molecular formula is C21H23F3N2O3S. The summed E-state index contributed by atoms with van der Waals surface area (Å²) in [5, 5.41) is 0. The van der Waals surface area contributed by atoms with E-state index in [1.54, 1.807) is 37.3 Å². The number of hydrogen-bond acceptors (Lipinski definition) is 3. The van der Waals surface area contributed by atoms with Gasteiger partial charge < -0.3 is 4.90 Å². The SMILES string of the molecule is CCN(c1ccccc1)S(=O)(=O)c1ccc(C(=O)N2CCC[C@@H](C(F)(F)F)C2)cc1. The summed E-state index contributed by atoms with van der Waals surface area (Å²) in [6, 6.07) is 14.0. The van der Waals surface area contributed by atoms with Gasteiger partial charge in [0.2, 0.25) is 0 Å². The molecular weight excluding hydrogens is 417 g/mol. The third kappa shape index (κ3) is 4.61. The maximum absolute atomic E-state index is 13.0. The molecule has 2 aromatic rings. The van der Waals surface area contributed by atoms with E-state index < -0.39 is 28.0 Å². The average molecular weight is 440 g/mol. The fraction of sp³-hybridized carbons (Fsp3) is 0.381. The van der Waals surface area contributed by atoms with Crippen LogP contribution in [0.4, 0.5) is 18.9 Å². The van der Waals surface area contributed by atoms with Crippen LogP contribution in [0, 0.1) is 5.92 Å². The van der Waals surface area contributed by atoms with Crippen LogP contribution in [-0.2, 0) is 10.0 Å². The van der Waals surface area contributed by atoms with E-state index >= 15 is 0 Å². The van der Waals surface area contributed by atoms with Gasteiger partial charge in [0, 0.05) is 25.2 Å². The largest absolute Gasteiger partial charge is 0.393 e. The zero-order chi connectivity index (χ0) is 21.9. The molecule has 0 N–H and O–H groups in total. The van der Waals surface area contributed by atoms with Crippen molar-refractivity contribution in [2.24, 2.45) is 5.92 Å². The minimum Gasteiger partial charge on any atom is -0.338 e. The lowest BCUT2D eigenvalue weighted by atomic mass is 9.97. The Balaban J connectivity index is 1.79. The standard InChI is InChI=1S/C21H23F3N2O3S/c1-2-26(18-8-4-3-5-9-18)30(28,29)19-12-10-16(11-13-19)20(27)25-14-6-7-17(15-25)21(22,23)24/h3-5,8-13,17H,2,6-7,14-15H2,1H3/t17-/m1/s1. The molecule has 5 nitrogen and oxygen atoms in total. The molecule has 1 fully saturated rings. The summed E-state index contributed by atoms with van der Waals surface area (Å²) in [5.41, 5.74) is 0.686. The quantitative estimate of drug-likeness (QED) is 0.696. The van der Waals surface area contributed by atoms with E-state index in [0.29, 0.717) is 5.69 Å². The highest BCUT2D eigenvalue weighted by molar-refractivity contribution is 7.92. The fourth-order valence-electron chi connectivity index (χ4n) is 3.59. The third-order valence-electron chi connectivity index (χ3n) is 5.19. The van der Waals surface area contributed by atoms with E-state index in [4.69, 9.17) is 0 Å². The van der Waals surface area contributed by atoms with Gasteiger partial charge in [0.05, 0.1) is 16.5 Å². The van der Waals surface area contributed by atoms with Crippen molar-refractivity contribution in [3.8, 4) is 0 Å². The van der Waals surface area contributed by atoms with Crippen LogP contribution in [0.15, 0.2) is 59.5 Å². The van der Waals surface area contributed by atoms with Gasteiger partial charge in [-0.1, -0.05) is 18.2 Å². The number of nitrogens with zero attached hydrogens (tertiary/aromatic N) is 2. The number of hydrogen-bond donors (Lipinski definition) is 0. The van der Waals surface area contributed by atoms with Crippen molar-refractivity contribution in [1.29, 1.82) is 0 Å². The van der Waals surface area contributed by atoms with Crippen LogP contribution in [-0.4, -0.2) is 45.0 Å². The molecule has 1 heterocycles. The van der Waals surface area contributed by atoms with Crippen LogP contribution in [0.25, 0.3) is 0 Å². The van der Waals surface area contributed by atoms with Crippen LogP contribution < -0.4 is 4.31 Å². The lowest BCUT2D eigenvalue weighted by molar-refractivity contribution is -0.184. The van der Waals surface area contributed by atoms with E-state index in [9.17, 15) is 26.4 Å². The predicted octanol–water partition coefficient (Wildman–Crippen LogP) is 4.32. The lowest BCUT2D eigenvalue weighted by Gasteiger charge is -2.33. The van der Waals surface area contributed by atoms with Crippen LogP contribution in [0.3, 0.4) is 0 Å². The van der Waals surface area contributed by atoms with E-state index in [-0.39, 0.29) is 42.9 Å². The maximum atomic E-state index is 13.0. The van der Waals surface area contributed by atoms with Gasteiger partial charge in [-0.15, -0.1) is 0 Å². The molecule has 3 rings (SSSR count). The Morgan fingerprint density at radius 2 is 1.73 bits per heavy atom. The van der Waals surface area contributed by atoms with E-state index in [2.05, 4.69) is 0 Å². The second kappa shape index (κ2) is 8.67. The molecule has 0 aliphatic carbocycles.